The predicted octanol–water partition coefficient (Wildman–Crippen LogP) is 5.22. The Hall–Kier alpha value is -2.58. The summed E-state index contributed by atoms with van der Waals surface area (Å²) in [6.07, 6.45) is 6.83. The second kappa shape index (κ2) is 11.5. The van der Waals surface area contributed by atoms with E-state index in [-0.39, 0.29) is 18.4 Å². The molecule has 6 nitrogen and oxygen atoms in total. The molecule has 176 valence electrons. The molecule has 0 atom stereocenters. The van der Waals surface area contributed by atoms with Crippen LogP contribution in [-0.4, -0.2) is 35.8 Å². The van der Waals surface area contributed by atoms with Crippen LogP contribution in [0.5, 0.6) is 0 Å². The van der Waals surface area contributed by atoms with Crippen LogP contribution in [0.1, 0.15) is 54.4 Å². The topological polar surface area (TPSA) is 73.3 Å². The number of esters is 1. The molecule has 0 fully saturated rings. The summed E-state index contributed by atoms with van der Waals surface area (Å²) in [6, 6.07) is 6.58. The van der Waals surface area contributed by atoms with Crippen LogP contribution in [0.4, 0.5) is 10.2 Å². The number of rotatable bonds is 11. The van der Waals surface area contributed by atoms with Gasteiger partial charge < -0.3 is 14.8 Å². The highest BCUT2D eigenvalue weighted by Crippen LogP contribution is 2.38. The van der Waals surface area contributed by atoms with Gasteiger partial charge in [0.05, 0.1) is 18.6 Å². The molecule has 33 heavy (non-hydrogen) atoms. The number of unbranched alkanes of at least 4 members (excludes halogenated alkanes) is 1. The van der Waals surface area contributed by atoms with Gasteiger partial charge in [-0.2, -0.15) is 0 Å². The van der Waals surface area contributed by atoms with E-state index < -0.39 is 0 Å². The summed E-state index contributed by atoms with van der Waals surface area (Å²) in [7, 11) is 0. The zero-order valence-corrected chi connectivity index (χ0v) is 19.8. The third-order valence-corrected chi connectivity index (χ3v) is 6.85. The van der Waals surface area contributed by atoms with E-state index in [1.165, 1.54) is 35.4 Å². The fourth-order valence-electron chi connectivity index (χ4n) is 3.97. The van der Waals surface area contributed by atoms with Gasteiger partial charge >= 0.3 is 5.97 Å². The average molecular weight is 472 g/mol. The molecule has 1 aliphatic carbocycles. The van der Waals surface area contributed by atoms with E-state index in [2.05, 4.69) is 5.32 Å². The molecule has 2 heterocycles. The van der Waals surface area contributed by atoms with Crippen molar-refractivity contribution in [1.29, 1.82) is 0 Å². The van der Waals surface area contributed by atoms with E-state index in [1.807, 2.05) is 13.0 Å². The molecular formula is C25H30FN3O3S. The Morgan fingerprint density at radius 3 is 2.94 bits per heavy atom. The number of carbonyl (C=O) groups excluding carboxylic acids is 1. The standard InChI is InChI=1S/C25H30FN3O3S/c1-2-3-12-32-22(30)16-31-13-11-21-28-24(27-15-17-7-6-8-18(26)14-17)23-19-9-4-5-10-20(19)33-25(23)29-21/h6-8,14H,2-5,9-13,15-16H2,1H3,(H,27,28,29). The van der Waals surface area contributed by atoms with Gasteiger partial charge in [-0.3, -0.25) is 0 Å². The highest BCUT2D eigenvalue weighted by atomic mass is 32.1. The molecule has 0 spiro atoms. The van der Waals surface area contributed by atoms with Crippen LogP contribution in [0, 0.1) is 5.82 Å². The number of aryl methyl sites for hydroxylation is 2. The fraction of sp³-hybridized carbons (Fsp3) is 0.480. The monoisotopic (exact) mass is 471 g/mol. The number of aromatic nitrogens is 2. The molecule has 0 saturated carbocycles. The van der Waals surface area contributed by atoms with Crippen molar-refractivity contribution in [3.05, 3.63) is 51.9 Å². The summed E-state index contributed by atoms with van der Waals surface area (Å²) >= 11 is 1.74. The molecule has 0 unspecified atom stereocenters. The smallest absolute Gasteiger partial charge is 0.332 e. The molecule has 1 N–H and O–H groups in total. The number of ether oxygens (including phenoxy) is 2. The van der Waals surface area contributed by atoms with Crippen molar-refractivity contribution in [2.45, 2.75) is 58.4 Å². The molecule has 2 aromatic heterocycles. The van der Waals surface area contributed by atoms with Crippen LogP contribution in [0.15, 0.2) is 24.3 Å². The molecule has 1 aliphatic rings. The summed E-state index contributed by atoms with van der Waals surface area (Å²) < 4.78 is 24.2. The van der Waals surface area contributed by atoms with Crippen LogP contribution in [0.2, 0.25) is 0 Å². The molecule has 4 rings (SSSR count). The van der Waals surface area contributed by atoms with Crippen LogP contribution < -0.4 is 5.32 Å². The first kappa shape index (κ1) is 23.6. The van der Waals surface area contributed by atoms with Gasteiger partial charge in [-0.15, -0.1) is 11.3 Å². The van der Waals surface area contributed by atoms with E-state index in [1.54, 1.807) is 17.4 Å². The summed E-state index contributed by atoms with van der Waals surface area (Å²) in [5, 5.41) is 4.51. The van der Waals surface area contributed by atoms with Crippen molar-refractivity contribution in [1.82, 2.24) is 9.97 Å². The van der Waals surface area contributed by atoms with E-state index >= 15 is 0 Å². The van der Waals surface area contributed by atoms with Gasteiger partial charge in [-0.05, 0) is 55.4 Å². The van der Waals surface area contributed by atoms with Crippen LogP contribution in [0.3, 0.4) is 0 Å². The normalized spacial score (nSPS) is 13.2. The minimum Gasteiger partial charge on any atom is -0.464 e. The van der Waals surface area contributed by atoms with Gasteiger partial charge in [-0.1, -0.05) is 25.5 Å². The Balaban J connectivity index is 1.46. The number of anilines is 1. The third-order valence-electron chi connectivity index (χ3n) is 5.66. The van der Waals surface area contributed by atoms with Crippen molar-refractivity contribution in [3.8, 4) is 0 Å². The lowest BCUT2D eigenvalue weighted by Gasteiger charge is -2.13. The number of benzene rings is 1. The van der Waals surface area contributed by atoms with Crippen LogP contribution >= 0.6 is 11.3 Å². The van der Waals surface area contributed by atoms with Crippen molar-refractivity contribution in [2.24, 2.45) is 0 Å². The lowest BCUT2D eigenvalue weighted by atomic mass is 9.97. The van der Waals surface area contributed by atoms with Crippen LogP contribution in [0.25, 0.3) is 10.2 Å². The van der Waals surface area contributed by atoms with Gasteiger partial charge in [0.25, 0.3) is 0 Å². The second-order valence-electron chi connectivity index (χ2n) is 8.24. The number of fused-ring (bicyclic) bond motifs is 3. The number of hydrogen-bond acceptors (Lipinski definition) is 7. The highest BCUT2D eigenvalue weighted by Gasteiger charge is 2.21. The van der Waals surface area contributed by atoms with Crippen LogP contribution in [-0.2, 0) is 40.1 Å². The fourth-order valence-corrected chi connectivity index (χ4v) is 5.25. The van der Waals surface area contributed by atoms with Gasteiger partial charge in [0.2, 0.25) is 0 Å². The molecule has 8 heteroatoms. The number of nitrogens with one attached hydrogen (secondary N) is 1. The SMILES string of the molecule is CCCCOC(=O)COCCc1nc(NCc2cccc(F)c2)c2c3c(sc2n1)CCCC3. The van der Waals surface area contributed by atoms with E-state index in [4.69, 9.17) is 19.4 Å². The molecular weight excluding hydrogens is 441 g/mol. The van der Waals surface area contributed by atoms with Gasteiger partial charge in [0.15, 0.2) is 0 Å². The Bertz CT molecular complexity index is 1100. The summed E-state index contributed by atoms with van der Waals surface area (Å²) in [5.74, 6) is 0.865. The Morgan fingerprint density at radius 2 is 2.09 bits per heavy atom. The Labute approximate surface area is 197 Å². The first-order chi connectivity index (χ1) is 16.1. The summed E-state index contributed by atoms with van der Waals surface area (Å²) in [4.78, 5) is 23.7. The highest BCUT2D eigenvalue weighted by molar-refractivity contribution is 7.19. The van der Waals surface area contributed by atoms with Crippen molar-refractivity contribution in [2.75, 3.05) is 25.1 Å². The lowest BCUT2D eigenvalue weighted by Crippen LogP contribution is -2.15. The maximum absolute atomic E-state index is 13.6. The molecule has 0 bridgehead atoms. The quantitative estimate of drug-likeness (QED) is 0.305. The number of nitrogens with zero attached hydrogens (tertiary/aromatic N) is 2. The van der Waals surface area contributed by atoms with Gasteiger partial charge in [0, 0.05) is 17.8 Å². The Kier molecular flexibility index (Phi) is 8.23. The first-order valence-electron chi connectivity index (χ1n) is 11.7. The second-order valence-corrected chi connectivity index (χ2v) is 9.32. The maximum Gasteiger partial charge on any atom is 0.332 e. The van der Waals surface area contributed by atoms with E-state index in [9.17, 15) is 9.18 Å². The molecule has 1 aromatic carbocycles. The van der Waals surface area contributed by atoms with Crippen molar-refractivity contribution in [3.63, 3.8) is 0 Å². The lowest BCUT2D eigenvalue weighted by molar-refractivity contribution is -0.149. The van der Waals surface area contributed by atoms with Crippen molar-refractivity contribution < 1.29 is 18.7 Å². The largest absolute Gasteiger partial charge is 0.464 e. The molecule has 0 aliphatic heterocycles. The zero-order valence-electron chi connectivity index (χ0n) is 19.0. The summed E-state index contributed by atoms with van der Waals surface area (Å²) in [5.41, 5.74) is 2.21. The predicted molar refractivity (Wildman–Crippen MR) is 128 cm³/mol. The van der Waals surface area contributed by atoms with E-state index in [0.29, 0.717) is 32.0 Å². The Morgan fingerprint density at radius 1 is 1.21 bits per heavy atom. The minimum absolute atomic E-state index is 0.0655. The molecule has 0 amide bonds. The average Bonchev–Trinajstić information content (AvgIpc) is 3.19. The maximum atomic E-state index is 13.6. The number of halogens is 1. The summed E-state index contributed by atoms with van der Waals surface area (Å²) in [6.45, 7) is 3.23. The minimum atomic E-state index is -0.344. The molecule has 0 saturated heterocycles. The first-order valence-corrected chi connectivity index (χ1v) is 12.5. The van der Waals surface area contributed by atoms with Crippen molar-refractivity contribution >= 4 is 33.3 Å². The van der Waals surface area contributed by atoms with Gasteiger partial charge in [-0.25, -0.2) is 19.2 Å². The number of thiophene rings is 1. The molecule has 0 radical (unpaired) electrons. The number of hydrogen-bond donors (Lipinski definition) is 1. The number of carbonyl (C=O) groups is 1. The third kappa shape index (κ3) is 6.26. The van der Waals surface area contributed by atoms with E-state index in [0.717, 1.165) is 47.3 Å². The van der Waals surface area contributed by atoms with Gasteiger partial charge in [0.1, 0.15) is 28.9 Å². The zero-order chi connectivity index (χ0) is 23.0. The molecule has 3 aromatic rings.